The third kappa shape index (κ3) is 9.37. The first-order valence-electron chi connectivity index (χ1n) is 19.5. The Hall–Kier alpha value is -3.78. The number of fused-ring (bicyclic) bond motifs is 2. The molecule has 0 spiro atoms. The summed E-state index contributed by atoms with van der Waals surface area (Å²) >= 11 is 0. The van der Waals surface area contributed by atoms with Gasteiger partial charge in [-0.1, -0.05) is 131 Å². The molecule has 2 amide bonds. The maximum atomic E-state index is 14.6. The minimum Gasteiger partial charge on any atom is -0.336 e. The number of rotatable bonds is 14. The number of benzene rings is 4. The number of nitrogens with zero attached hydrogens (tertiary/aromatic N) is 2. The number of hydrogen-bond donors (Lipinski definition) is 3. The Morgan fingerprint density at radius 1 is 0.745 bits per heavy atom. The van der Waals surface area contributed by atoms with Crippen LogP contribution < -0.4 is 16.8 Å². The van der Waals surface area contributed by atoms with Crippen molar-refractivity contribution >= 4 is 33.4 Å². The summed E-state index contributed by atoms with van der Waals surface area (Å²) in [5.74, 6) is 0.788. The van der Waals surface area contributed by atoms with E-state index in [1.165, 1.54) is 53.8 Å². The Labute approximate surface area is 305 Å². The molecule has 7 heteroatoms. The SMILES string of the molecule is C[C@H](Cc1ccc2ccccc2c1)C(=O)N1C[C@H]([C@@H](C)CCNCCN)N(C(=O)[C@H](N)Cc2ccc3ccccc3c2)C[C@H]1CC1CCCCC1. The summed E-state index contributed by atoms with van der Waals surface area (Å²) in [4.78, 5) is 33.4. The molecule has 4 aromatic rings. The fraction of sp³-hybridized carbons (Fsp3) is 0.500. The first kappa shape index (κ1) is 37.0. The summed E-state index contributed by atoms with van der Waals surface area (Å²) in [6, 6.07) is 28.8. The normalized spacial score (nSPS) is 20.4. The second-order valence-electron chi connectivity index (χ2n) is 15.5. The molecule has 6 rings (SSSR count). The van der Waals surface area contributed by atoms with Crippen molar-refractivity contribution in [2.24, 2.45) is 29.2 Å². The molecule has 0 radical (unpaired) electrons. The van der Waals surface area contributed by atoms with Crippen LogP contribution in [0.2, 0.25) is 0 Å². The second-order valence-corrected chi connectivity index (χ2v) is 15.5. The maximum Gasteiger partial charge on any atom is 0.240 e. The zero-order valence-electron chi connectivity index (χ0n) is 30.8. The maximum absolute atomic E-state index is 14.6. The topological polar surface area (TPSA) is 105 Å². The Bertz CT molecular complexity index is 1750. The molecule has 1 heterocycles. The van der Waals surface area contributed by atoms with E-state index in [0.29, 0.717) is 38.4 Å². The third-order valence-corrected chi connectivity index (χ3v) is 11.6. The van der Waals surface area contributed by atoms with Crippen molar-refractivity contribution in [3.05, 3.63) is 96.1 Å². The Kier molecular flexibility index (Phi) is 12.8. The van der Waals surface area contributed by atoms with E-state index in [4.69, 9.17) is 11.5 Å². The van der Waals surface area contributed by atoms with Crippen LogP contribution in [0.1, 0.15) is 69.9 Å². The molecule has 272 valence electrons. The summed E-state index contributed by atoms with van der Waals surface area (Å²) in [5, 5.41) is 8.19. The van der Waals surface area contributed by atoms with Crippen LogP contribution in [-0.2, 0) is 22.4 Å². The average Bonchev–Trinajstić information content (AvgIpc) is 3.16. The molecule has 51 heavy (non-hydrogen) atoms. The van der Waals surface area contributed by atoms with Crippen molar-refractivity contribution in [3.63, 3.8) is 0 Å². The van der Waals surface area contributed by atoms with Crippen molar-refractivity contribution in [3.8, 4) is 0 Å². The molecule has 4 aromatic carbocycles. The van der Waals surface area contributed by atoms with Crippen molar-refractivity contribution in [1.29, 1.82) is 0 Å². The number of carbonyl (C=O) groups is 2. The number of hydrogen-bond acceptors (Lipinski definition) is 5. The quantitative estimate of drug-likeness (QED) is 0.128. The van der Waals surface area contributed by atoms with E-state index in [2.05, 4.69) is 102 Å². The highest BCUT2D eigenvalue weighted by molar-refractivity contribution is 5.86. The molecule has 0 bridgehead atoms. The van der Waals surface area contributed by atoms with E-state index in [0.717, 1.165) is 36.9 Å². The fourth-order valence-electron chi connectivity index (χ4n) is 8.69. The van der Waals surface area contributed by atoms with Gasteiger partial charge in [0, 0.05) is 38.1 Å². The second kappa shape index (κ2) is 17.6. The van der Waals surface area contributed by atoms with E-state index in [-0.39, 0.29) is 35.7 Å². The van der Waals surface area contributed by atoms with Crippen LogP contribution in [0.4, 0.5) is 0 Å². The van der Waals surface area contributed by atoms with E-state index >= 15 is 0 Å². The van der Waals surface area contributed by atoms with Gasteiger partial charge < -0.3 is 26.6 Å². The molecular formula is C44H59N5O2. The van der Waals surface area contributed by atoms with Gasteiger partial charge in [0.25, 0.3) is 0 Å². The zero-order chi connectivity index (χ0) is 35.7. The highest BCUT2D eigenvalue weighted by atomic mass is 16.2. The number of nitrogens with two attached hydrogens (primary N) is 2. The standard InChI is InChI=1S/C44H59N5O2/c1-31(20-22-47-23-21-45)42-30-48(43(50)32(2)24-34-16-18-36-12-6-8-14-38(36)25-34)40(27-33-10-4-3-5-11-33)29-49(42)44(51)41(46)28-35-17-19-37-13-7-9-15-39(37)26-35/h6-9,12-19,25-26,31-33,40-42,47H,3-5,10-11,20-24,27-30,45-46H2,1-2H3/t31-,32+,40+,41+,42+/m0/s1. The van der Waals surface area contributed by atoms with Gasteiger partial charge in [-0.2, -0.15) is 0 Å². The molecule has 7 nitrogen and oxygen atoms in total. The highest BCUT2D eigenvalue weighted by Crippen LogP contribution is 2.34. The van der Waals surface area contributed by atoms with Crippen LogP contribution in [0.5, 0.6) is 0 Å². The van der Waals surface area contributed by atoms with Crippen molar-refractivity contribution < 1.29 is 9.59 Å². The van der Waals surface area contributed by atoms with Gasteiger partial charge in [-0.05, 0) is 76.7 Å². The average molecular weight is 690 g/mol. The van der Waals surface area contributed by atoms with Crippen LogP contribution in [0.15, 0.2) is 84.9 Å². The molecular weight excluding hydrogens is 631 g/mol. The fourth-order valence-corrected chi connectivity index (χ4v) is 8.69. The summed E-state index contributed by atoms with van der Waals surface area (Å²) in [6.45, 7) is 7.57. The lowest BCUT2D eigenvalue weighted by Gasteiger charge is -2.50. The molecule has 5 N–H and O–H groups in total. The zero-order valence-corrected chi connectivity index (χ0v) is 30.8. The lowest BCUT2D eigenvalue weighted by Crippen LogP contribution is -2.66. The van der Waals surface area contributed by atoms with E-state index in [1.54, 1.807) is 0 Å². The highest BCUT2D eigenvalue weighted by Gasteiger charge is 2.43. The molecule has 5 atom stereocenters. The molecule has 2 fully saturated rings. The molecule has 1 aliphatic carbocycles. The Balaban J connectivity index is 1.24. The molecule has 0 unspecified atom stereocenters. The van der Waals surface area contributed by atoms with Crippen LogP contribution in [-0.4, -0.2) is 72.5 Å². The predicted octanol–water partition coefficient (Wildman–Crippen LogP) is 6.69. The van der Waals surface area contributed by atoms with E-state index in [9.17, 15) is 9.59 Å². The summed E-state index contributed by atoms with van der Waals surface area (Å²) < 4.78 is 0. The minimum atomic E-state index is -0.652. The van der Waals surface area contributed by atoms with Crippen LogP contribution in [0.25, 0.3) is 21.5 Å². The number of carbonyl (C=O) groups excluding carboxylic acids is 2. The van der Waals surface area contributed by atoms with Crippen LogP contribution in [0.3, 0.4) is 0 Å². The van der Waals surface area contributed by atoms with Crippen molar-refractivity contribution in [2.45, 2.75) is 89.8 Å². The van der Waals surface area contributed by atoms with Gasteiger partial charge in [0.15, 0.2) is 0 Å². The smallest absolute Gasteiger partial charge is 0.240 e. The third-order valence-electron chi connectivity index (χ3n) is 11.6. The molecule has 1 saturated heterocycles. The Morgan fingerprint density at radius 2 is 1.35 bits per heavy atom. The Morgan fingerprint density at radius 3 is 1.98 bits per heavy atom. The molecule has 1 aliphatic heterocycles. The van der Waals surface area contributed by atoms with Gasteiger partial charge >= 0.3 is 0 Å². The van der Waals surface area contributed by atoms with E-state index < -0.39 is 6.04 Å². The first-order valence-corrected chi connectivity index (χ1v) is 19.5. The molecule has 2 aliphatic rings. The molecule has 0 aromatic heterocycles. The number of amides is 2. The first-order chi connectivity index (χ1) is 24.8. The van der Waals surface area contributed by atoms with E-state index in [1.807, 2.05) is 12.1 Å². The predicted molar refractivity (Wildman–Crippen MR) is 210 cm³/mol. The lowest BCUT2D eigenvalue weighted by molar-refractivity contribution is -0.152. The van der Waals surface area contributed by atoms with Crippen LogP contribution in [0, 0.1) is 17.8 Å². The molecule has 1 saturated carbocycles. The van der Waals surface area contributed by atoms with Crippen LogP contribution >= 0.6 is 0 Å². The monoisotopic (exact) mass is 689 g/mol. The van der Waals surface area contributed by atoms with Gasteiger partial charge in [0.2, 0.25) is 11.8 Å². The van der Waals surface area contributed by atoms with Gasteiger partial charge in [-0.3, -0.25) is 9.59 Å². The summed E-state index contributed by atoms with van der Waals surface area (Å²) in [6.07, 6.45) is 9.19. The van der Waals surface area contributed by atoms with Gasteiger partial charge in [-0.25, -0.2) is 0 Å². The lowest BCUT2D eigenvalue weighted by atomic mass is 9.82. The summed E-state index contributed by atoms with van der Waals surface area (Å²) in [7, 11) is 0. The largest absolute Gasteiger partial charge is 0.336 e. The number of nitrogens with one attached hydrogen (secondary N) is 1. The van der Waals surface area contributed by atoms with Crippen molar-refractivity contribution in [1.82, 2.24) is 15.1 Å². The van der Waals surface area contributed by atoms with Gasteiger partial charge in [0.1, 0.15) is 0 Å². The minimum absolute atomic E-state index is 0.000110. The van der Waals surface area contributed by atoms with Gasteiger partial charge in [0.05, 0.1) is 12.1 Å². The van der Waals surface area contributed by atoms with Crippen molar-refractivity contribution in [2.75, 3.05) is 32.7 Å². The summed E-state index contributed by atoms with van der Waals surface area (Å²) in [5.41, 5.74) is 14.8. The number of piperazine rings is 1. The van der Waals surface area contributed by atoms with Gasteiger partial charge in [-0.15, -0.1) is 0 Å².